The number of benzene rings is 3. The van der Waals surface area contributed by atoms with Gasteiger partial charge in [0.15, 0.2) is 0 Å². The average Bonchev–Trinajstić information content (AvgIpc) is 2.83. The highest BCUT2D eigenvalue weighted by Crippen LogP contribution is 2.39. The summed E-state index contributed by atoms with van der Waals surface area (Å²) in [4.78, 5) is 28.8. The molecule has 1 fully saturated rings. The van der Waals surface area contributed by atoms with Gasteiger partial charge >= 0.3 is 0 Å². The van der Waals surface area contributed by atoms with Crippen LogP contribution in [0.2, 0.25) is 5.02 Å². The molecular formula is C29H30ClFN2O2. The molecule has 2 amide bonds. The molecule has 3 aromatic carbocycles. The molecule has 1 saturated heterocycles. The SMILES string of the molecule is CC(C)(C)c1cccc(NC(=O)C2CCCN(C(=O)c3c(F)cccc3Cl)[C@H]2c2ccccc2)c1. The van der Waals surface area contributed by atoms with E-state index in [0.29, 0.717) is 19.4 Å². The van der Waals surface area contributed by atoms with Gasteiger partial charge in [0.25, 0.3) is 5.91 Å². The molecule has 1 unspecified atom stereocenters. The van der Waals surface area contributed by atoms with Gasteiger partial charge < -0.3 is 10.2 Å². The fourth-order valence-corrected chi connectivity index (χ4v) is 4.95. The maximum atomic E-state index is 14.7. The number of anilines is 1. The third-order valence-corrected chi connectivity index (χ3v) is 6.86. The summed E-state index contributed by atoms with van der Waals surface area (Å²) in [6, 6.07) is 21.0. The number of hydrogen-bond donors (Lipinski definition) is 1. The Hall–Kier alpha value is -3.18. The monoisotopic (exact) mass is 492 g/mol. The van der Waals surface area contributed by atoms with Crippen molar-refractivity contribution >= 4 is 29.1 Å². The molecule has 1 aliphatic heterocycles. The van der Waals surface area contributed by atoms with Gasteiger partial charge in [-0.2, -0.15) is 0 Å². The van der Waals surface area contributed by atoms with Gasteiger partial charge in [0, 0.05) is 12.2 Å². The largest absolute Gasteiger partial charge is 0.331 e. The second-order valence-electron chi connectivity index (χ2n) is 10.0. The molecule has 1 N–H and O–H groups in total. The lowest BCUT2D eigenvalue weighted by molar-refractivity contribution is -0.123. The van der Waals surface area contributed by atoms with Crippen molar-refractivity contribution in [2.45, 2.75) is 45.1 Å². The minimum absolute atomic E-state index is 0.0552. The van der Waals surface area contributed by atoms with Crippen molar-refractivity contribution in [3.8, 4) is 0 Å². The van der Waals surface area contributed by atoms with Gasteiger partial charge in [-0.05, 0) is 53.6 Å². The van der Waals surface area contributed by atoms with Crippen molar-refractivity contribution in [3.63, 3.8) is 0 Å². The van der Waals surface area contributed by atoms with E-state index in [2.05, 4.69) is 26.1 Å². The minimum atomic E-state index is -0.667. The van der Waals surface area contributed by atoms with E-state index in [4.69, 9.17) is 11.6 Å². The van der Waals surface area contributed by atoms with Crippen LogP contribution in [0.5, 0.6) is 0 Å². The quantitative estimate of drug-likeness (QED) is 0.426. The lowest BCUT2D eigenvalue weighted by Crippen LogP contribution is -2.46. The molecule has 0 radical (unpaired) electrons. The van der Waals surface area contributed by atoms with E-state index < -0.39 is 23.7 Å². The van der Waals surface area contributed by atoms with Gasteiger partial charge in [-0.15, -0.1) is 0 Å². The van der Waals surface area contributed by atoms with Crippen LogP contribution in [-0.4, -0.2) is 23.3 Å². The van der Waals surface area contributed by atoms with E-state index in [0.717, 1.165) is 16.8 Å². The van der Waals surface area contributed by atoms with Gasteiger partial charge in [-0.25, -0.2) is 4.39 Å². The first kappa shape index (κ1) is 24.9. The summed E-state index contributed by atoms with van der Waals surface area (Å²) in [6.07, 6.45) is 1.24. The summed E-state index contributed by atoms with van der Waals surface area (Å²) in [6.45, 7) is 6.78. The molecule has 0 aromatic heterocycles. The highest BCUT2D eigenvalue weighted by atomic mass is 35.5. The van der Waals surface area contributed by atoms with Crippen molar-refractivity contribution in [2.75, 3.05) is 11.9 Å². The van der Waals surface area contributed by atoms with Crippen molar-refractivity contribution in [1.29, 1.82) is 0 Å². The smallest absolute Gasteiger partial charge is 0.258 e. The highest BCUT2D eigenvalue weighted by molar-refractivity contribution is 6.33. The summed E-state index contributed by atoms with van der Waals surface area (Å²) in [7, 11) is 0. The Kier molecular flexibility index (Phi) is 7.27. The van der Waals surface area contributed by atoms with E-state index in [1.807, 2.05) is 54.6 Å². The Morgan fingerprint density at radius 3 is 2.40 bits per heavy atom. The summed E-state index contributed by atoms with van der Waals surface area (Å²) in [5.74, 6) is -1.84. The maximum Gasteiger partial charge on any atom is 0.258 e. The number of halogens is 2. The zero-order valence-electron chi connectivity index (χ0n) is 20.2. The molecule has 4 nitrogen and oxygen atoms in total. The zero-order valence-corrected chi connectivity index (χ0v) is 21.0. The van der Waals surface area contributed by atoms with E-state index in [9.17, 15) is 14.0 Å². The Bertz CT molecular complexity index is 1200. The second-order valence-corrected chi connectivity index (χ2v) is 10.4. The maximum absolute atomic E-state index is 14.7. The number of hydrogen-bond acceptors (Lipinski definition) is 2. The number of piperidine rings is 1. The van der Waals surface area contributed by atoms with Gasteiger partial charge in [0.2, 0.25) is 5.91 Å². The predicted octanol–water partition coefficient (Wildman–Crippen LogP) is 7.01. The van der Waals surface area contributed by atoms with Crippen LogP contribution >= 0.6 is 11.6 Å². The second kappa shape index (κ2) is 10.2. The van der Waals surface area contributed by atoms with Crippen molar-refractivity contribution in [3.05, 3.63) is 100 Å². The molecule has 35 heavy (non-hydrogen) atoms. The molecule has 2 atom stereocenters. The summed E-state index contributed by atoms with van der Waals surface area (Å²) >= 11 is 6.23. The average molecular weight is 493 g/mol. The molecule has 6 heteroatoms. The third kappa shape index (κ3) is 5.40. The number of carbonyl (C=O) groups excluding carboxylic acids is 2. The van der Waals surface area contributed by atoms with Crippen LogP contribution in [0.25, 0.3) is 0 Å². The molecule has 182 valence electrons. The van der Waals surface area contributed by atoms with Gasteiger partial charge in [0.1, 0.15) is 5.82 Å². The first-order valence-corrected chi connectivity index (χ1v) is 12.3. The van der Waals surface area contributed by atoms with E-state index >= 15 is 0 Å². The molecule has 0 saturated carbocycles. The molecule has 1 aliphatic rings. The Labute approximate surface area is 211 Å². The fourth-order valence-electron chi connectivity index (χ4n) is 4.70. The van der Waals surface area contributed by atoms with Crippen LogP contribution in [0.1, 0.15) is 61.1 Å². The Morgan fingerprint density at radius 1 is 1.00 bits per heavy atom. The molecular weight excluding hydrogens is 463 g/mol. The summed E-state index contributed by atoms with van der Waals surface area (Å²) in [5, 5.41) is 3.13. The Balaban J connectivity index is 1.68. The molecule has 0 bridgehead atoms. The van der Waals surface area contributed by atoms with Crippen LogP contribution in [0, 0.1) is 11.7 Å². The van der Waals surface area contributed by atoms with Gasteiger partial charge in [-0.1, -0.05) is 80.9 Å². The summed E-state index contributed by atoms with van der Waals surface area (Å²) < 4.78 is 14.7. The lowest BCUT2D eigenvalue weighted by atomic mass is 9.83. The van der Waals surface area contributed by atoms with E-state index in [1.54, 1.807) is 4.90 Å². The van der Waals surface area contributed by atoms with E-state index in [1.165, 1.54) is 18.2 Å². The van der Waals surface area contributed by atoms with Crippen LogP contribution in [0.3, 0.4) is 0 Å². The molecule has 0 aliphatic carbocycles. The third-order valence-electron chi connectivity index (χ3n) is 6.54. The number of carbonyl (C=O) groups is 2. The van der Waals surface area contributed by atoms with Gasteiger partial charge in [0.05, 0.1) is 22.5 Å². The number of rotatable bonds is 4. The fraction of sp³-hybridized carbons (Fsp3) is 0.310. The van der Waals surface area contributed by atoms with Crippen LogP contribution in [-0.2, 0) is 10.2 Å². The van der Waals surface area contributed by atoms with Crippen LogP contribution in [0.15, 0.2) is 72.8 Å². The number of amides is 2. The van der Waals surface area contributed by atoms with Crippen molar-refractivity contribution < 1.29 is 14.0 Å². The standard InChI is InChI=1S/C29H30ClFN2O2/c1-29(2,3)20-12-7-13-21(18-20)32-27(34)22-14-9-17-33(26(22)19-10-5-4-6-11-19)28(35)25-23(30)15-8-16-24(25)31/h4-8,10-13,15-16,18,22,26H,9,14,17H2,1-3H3,(H,32,34)/t22?,26-/m0/s1. The number of nitrogens with one attached hydrogen (secondary N) is 1. The Morgan fingerprint density at radius 2 is 1.71 bits per heavy atom. The zero-order chi connectivity index (χ0) is 25.2. The predicted molar refractivity (Wildman–Crippen MR) is 138 cm³/mol. The van der Waals surface area contributed by atoms with Crippen molar-refractivity contribution in [2.24, 2.45) is 5.92 Å². The molecule has 3 aromatic rings. The number of nitrogens with zero attached hydrogens (tertiary/aromatic N) is 1. The first-order chi connectivity index (χ1) is 16.7. The van der Waals surface area contributed by atoms with E-state index in [-0.39, 0.29) is 21.9 Å². The molecule has 4 rings (SSSR count). The van der Waals surface area contributed by atoms with Gasteiger partial charge in [-0.3, -0.25) is 9.59 Å². The minimum Gasteiger partial charge on any atom is -0.331 e. The van der Waals surface area contributed by atoms with Crippen LogP contribution < -0.4 is 5.32 Å². The molecule has 0 spiro atoms. The number of likely N-dealkylation sites (tertiary alicyclic amines) is 1. The highest BCUT2D eigenvalue weighted by Gasteiger charge is 2.40. The normalized spacial score (nSPS) is 18.3. The van der Waals surface area contributed by atoms with Crippen LogP contribution in [0.4, 0.5) is 10.1 Å². The first-order valence-electron chi connectivity index (χ1n) is 11.9. The lowest BCUT2D eigenvalue weighted by Gasteiger charge is -2.41. The summed E-state index contributed by atoms with van der Waals surface area (Å²) in [5.41, 5.74) is 2.45. The molecule has 1 heterocycles. The topological polar surface area (TPSA) is 49.4 Å². The van der Waals surface area contributed by atoms with Crippen molar-refractivity contribution in [1.82, 2.24) is 4.90 Å².